The van der Waals surface area contributed by atoms with Crippen molar-refractivity contribution in [1.29, 1.82) is 5.26 Å². The summed E-state index contributed by atoms with van der Waals surface area (Å²) >= 11 is 0. The van der Waals surface area contributed by atoms with Crippen molar-refractivity contribution in [3.63, 3.8) is 0 Å². The first-order valence-corrected chi connectivity index (χ1v) is 4.15. The Morgan fingerprint density at radius 3 is 3.00 bits per heavy atom. The molecule has 0 spiro atoms. The number of hydrogen-bond acceptors (Lipinski definition) is 5. The van der Waals surface area contributed by atoms with Crippen LogP contribution in [0.2, 0.25) is 0 Å². The molecule has 6 nitrogen and oxygen atoms in total. The van der Waals surface area contributed by atoms with E-state index in [1.165, 1.54) is 18.1 Å². The van der Waals surface area contributed by atoms with Crippen molar-refractivity contribution in [2.45, 2.75) is 0 Å². The summed E-state index contributed by atoms with van der Waals surface area (Å²) in [4.78, 5) is 7.76. The molecule has 0 fully saturated rings. The Morgan fingerprint density at radius 2 is 2.33 bits per heavy atom. The Hall–Kier alpha value is -2.42. The van der Waals surface area contributed by atoms with E-state index >= 15 is 0 Å². The minimum absolute atomic E-state index is 0.130. The van der Waals surface area contributed by atoms with Crippen LogP contribution in [0.25, 0.3) is 5.69 Å². The fourth-order valence-electron chi connectivity index (χ4n) is 1.09. The summed E-state index contributed by atoms with van der Waals surface area (Å²) < 4.78 is 6.46. The lowest BCUT2D eigenvalue weighted by molar-refractivity contribution is 0.397. The predicted octanol–water partition coefficient (Wildman–Crippen LogP) is 0.543. The summed E-state index contributed by atoms with van der Waals surface area (Å²) in [5, 5.41) is 12.5. The summed E-state index contributed by atoms with van der Waals surface area (Å²) in [6.07, 6.45) is 3.06. The zero-order valence-corrected chi connectivity index (χ0v) is 7.95. The van der Waals surface area contributed by atoms with Crippen LogP contribution in [0.4, 0.5) is 0 Å². The second-order valence-electron chi connectivity index (χ2n) is 2.68. The number of rotatable bonds is 2. The maximum atomic E-state index is 8.57. The molecule has 2 rings (SSSR count). The fraction of sp³-hybridized carbons (Fsp3) is 0.111. The number of aromatic nitrogens is 4. The molecule has 2 heterocycles. The molecule has 2 aromatic rings. The Labute approximate surface area is 85.8 Å². The standard InChI is InChI=1S/C9H7N5O/c1-15-9-4-7(2-3-11-9)14-6-12-8(5-10)13-14/h2-4,6H,1H3. The lowest BCUT2D eigenvalue weighted by atomic mass is 10.4. The number of ether oxygens (including phenoxy) is 1. The zero-order valence-electron chi connectivity index (χ0n) is 7.95. The van der Waals surface area contributed by atoms with Gasteiger partial charge in [-0.1, -0.05) is 0 Å². The van der Waals surface area contributed by atoms with Gasteiger partial charge in [-0.3, -0.25) is 0 Å². The lowest BCUT2D eigenvalue weighted by Gasteiger charge is -2.01. The Kier molecular flexibility index (Phi) is 2.29. The number of methoxy groups -OCH3 is 1. The largest absolute Gasteiger partial charge is 0.481 e. The van der Waals surface area contributed by atoms with Crippen molar-refractivity contribution in [3.8, 4) is 17.6 Å². The molecule has 0 aliphatic carbocycles. The van der Waals surface area contributed by atoms with Crippen molar-refractivity contribution in [1.82, 2.24) is 19.7 Å². The Bertz CT molecular complexity index is 513. The molecule has 0 bridgehead atoms. The smallest absolute Gasteiger partial charge is 0.252 e. The molecule has 0 N–H and O–H groups in total. The first-order valence-electron chi connectivity index (χ1n) is 4.15. The minimum Gasteiger partial charge on any atom is -0.481 e. The van der Waals surface area contributed by atoms with Gasteiger partial charge >= 0.3 is 0 Å². The van der Waals surface area contributed by atoms with E-state index < -0.39 is 0 Å². The highest BCUT2D eigenvalue weighted by molar-refractivity contribution is 5.33. The van der Waals surface area contributed by atoms with Crippen LogP contribution in [0.1, 0.15) is 5.82 Å². The van der Waals surface area contributed by atoms with Gasteiger partial charge in [-0.2, -0.15) is 5.26 Å². The van der Waals surface area contributed by atoms with Crippen molar-refractivity contribution in [2.75, 3.05) is 7.11 Å². The molecule has 0 saturated carbocycles. The quantitative estimate of drug-likeness (QED) is 0.708. The monoisotopic (exact) mass is 201 g/mol. The van der Waals surface area contributed by atoms with Crippen LogP contribution >= 0.6 is 0 Å². The van der Waals surface area contributed by atoms with E-state index in [2.05, 4.69) is 15.1 Å². The average molecular weight is 201 g/mol. The first-order chi connectivity index (χ1) is 7.33. The van der Waals surface area contributed by atoms with Gasteiger partial charge in [-0.15, -0.1) is 5.10 Å². The SMILES string of the molecule is COc1cc(-n2cnc(C#N)n2)ccn1. The zero-order chi connectivity index (χ0) is 10.7. The predicted molar refractivity (Wildman–Crippen MR) is 50.4 cm³/mol. The summed E-state index contributed by atoms with van der Waals surface area (Å²) in [7, 11) is 1.54. The highest BCUT2D eigenvalue weighted by Gasteiger charge is 2.02. The highest BCUT2D eigenvalue weighted by Crippen LogP contribution is 2.11. The van der Waals surface area contributed by atoms with E-state index in [4.69, 9.17) is 10.00 Å². The summed E-state index contributed by atoms with van der Waals surface area (Å²) in [6.45, 7) is 0. The third-order valence-corrected chi connectivity index (χ3v) is 1.78. The molecule has 6 heteroatoms. The van der Waals surface area contributed by atoms with E-state index in [0.717, 1.165) is 5.69 Å². The molecule has 0 unspecified atom stereocenters. The van der Waals surface area contributed by atoms with E-state index in [0.29, 0.717) is 5.88 Å². The second kappa shape index (κ2) is 3.75. The molecule has 0 aliphatic heterocycles. The van der Waals surface area contributed by atoms with Crippen molar-refractivity contribution >= 4 is 0 Å². The maximum Gasteiger partial charge on any atom is 0.252 e. The van der Waals surface area contributed by atoms with Gasteiger partial charge in [-0.25, -0.2) is 14.6 Å². The van der Waals surface area contributed by atoms with Gasteiger partial charge in [0.2, 0.25) is 5.88 Å². The van der Waals surface area contributed by atoms with Crippen molar-refractivity contribution in [3.05, 3.63) is 30.5 Å². The molecule has 15 heavy (non-hydrogen) atoms. The van der Waals surface area contributed by atoms with Crippen molar-refractivity contribution in [2.24, 2.45) is 0 Å². The lowest BCUT2D eigenvalue weighted by Crippen LogP contribution is -1.96. The van der Waals surface area contributed by atoms with Crippen LogP contribution in [0.3, 0.4) is 0 Å². The second-order valence-corrected chi connectivity index (χ2v) is 2.68. The van der Waals surface area contributed by atoms with Crippen LogP contribution in [0.5, 0.6) is 5.88 Å². The molecule has 74 valence electrons. The molecule has 0 radical (unpaired) electrons. The van der Waals surface area contributed by atoms with Gasteiger partial charge in [0.05, 0.1) is 12.8 Å². The highest BCUT2D eigenvalue weighted by atomic mass is 16.5. The van der Waals surface area contributed by atoms with Gasteiger partial charge in [0.25, 0.3) is 5.82 Å². The van der Waals surface area contributed by atoms with Gasteiger partial charge in [0.1, 0.15) is 12.4 Å². The third kappa shape index (κ3) is 1.76. The normalized spacial score (nSPS) is 9.60. The minimum atomic E-state index is 0.130. The van der Waals surface area contributed by atoms with Gasteiger partial charge < -0.3 is 4.74 Å². The van der Waals surface area contributed by atoms with Crippen LogP contribution < -0.4 is 4.74 Å². The summed E-state index contributed by atoms with van der Waals surface area (Å²) in [5.74, 6) is 0.618. The number of nitrogens with zero attached hydrogens (tertiary/aromatic N) is 5. The average Bonchev–Trinajstić information content (AvgIpc) is 2.78. The van der Waals surface area contributed by atoms with E-state index in [-0.39, 0.29) is 5.82 Å². The van der Waals surface area contributed by atoms with Crippen LogP contribution in [-0.4, -0.2) is 26.9 Å². The van der Waals surface area contributed by atoms with Gasteiger partial charge in [0.15, 0.2) is 0 Å². The third-order valence-electron chi connectivity index (χ3n) is 1.78. The maximum absolute atomic E-state index is 8.57. The molecule has 0 aromatic carbocycles. The van der Waals surface area contributed by atoms with Crippen LogP contribution in [0, 0.1) is 11.3 Å². The molecule has 2 aromatic heterocycles. The Balaban J connectivity index is 2.41. The molecule has 0 amide bonds. The first kappa shape index (κ1) is 9.15. The molecular weight excluding hydrogens is 194 g/mol. The van der Waals surface area contributed by atoms with E-state index in [9.17, 15) is 0 Å². The summed E-state index contributed by atoms with van der Waals surface area (Å²) in [6, 6.07) is 5.31. The number of hydrogen-bond donors (Lipinski definition) is 0. The molecule has 0 atom stereocenters. The Morgan fingerprint density at radius 1 is 1.47 bits per heavy atom. The van der Waals surface area contributed by atoms with Gasteiger partial charge in [-0.05, 0) is 6.07 Å². The van der Waals surface area contributed by atoms with Crippen LogP contribution in [0.15, 0.2) is 24.7 Å². The summed E-state index contributed by atoms with van der Waals surface area (Å²) in [5.41, 5.74) is 0.746. The number of pyridine rings is 1. The molecular formula is C9H7N5O. The van der Waals surface area contributed by atoms with E-state index in [1.807, 2.05) is 6.07 Å². The fourth-order valence-corrected chi connectivity index (χ4v) is 1.09. The topological polar surface area (TPSA) is 76.6 Å². The van der Waals surface area contributed by atoms with Crippen molar-refractivity contribution < 1.29 is 4.74 Å². The van der Waals surface area contributed by atoms with E-state index in [1.54, 1.807) is 18.3 Å². The number of nitriles is 1. The molecule has 0 aliphatic rings. The van der Waals surface area contributed by atoms with Crippen LogP contribution in [-0.2, 0) is 0 Å². The van der Waals surface area contributed by atoms with Gasteiger partial charge in [0, 0.05) is 12.3 Å². The molecule has 0 saturated heterocycles.